The lowest BCUT2D eigenvalue weighted by atomic mass is 9.70. The molecule has 0 aliphatic carbocycles. The molecule has 34 heavy (non-hydrogen) atoms. The largest absolute Gasteiger partial charge is 0.466 e. The predicted octanol–water partition coefficient (Wildman–Crippen LogP) is 1.83. The number of likely N-dealkylation sites (tertiary alicyclic amines) is 1. The summed E-state index contributed by atoms with van der Waals surface area (Å²) in [7, 11) is 0. The van der Waals surface area contributed by atoms with Gasteiger partial charge in [-0.2, -0.15) is 0 Å². The summed E-state index contributed by atoms with van der Waals surface area (Å²) in [6.07, 6.45) is 2.81. The lowest BCUT2D eigenvalue weighted by Crippen LogP contribution is -2.59. The van der Waals surface area contributed by atoms with Crippen molar-refractivity contribution in [3.05, 3.63) is 35.9 Å². The van der Waals surface area contributed by atoms with E-state index >= 15 is 0 Å². The van der Waals surface area contributed by atoms with Crippen LogP contribution in [0.1, 0.15) is 52.0 Å². The molecule has 7 atom stereocenters. The molecule has 0 saturated carbocycles. The van der Waals surface area contributed by atoms with E-state index in [4.69, 9.17) is 9.47 Å². The number of fused-ring (bicyclic) bond motifs is 1. The van der Waals surface area contributed by atoms with Gasteiger partial charge in [0.2, 0.25) is 11.8 Å². The molecule has 3 unspecified atom stereocenters. The number of carbonyl (C=O) groups excluding carboxylic acids is 3. The molecule has 0 radical (unpaired) electrons. The van der Waals surface area contributed by atoms with Gasteiger partial charge in [-0.3, -0.25) is 14.4 Å². The second-order valence-corrected chi connectivity index (χ2v) is 9.78. The lowest BCUT2D eigenvalue weighted by molar-refractivity contribution is -0.155. The number of nitrogens with one attached hydrogen (secondary N) is 1. The van der Waals surface area contributed by atoms with Crippen LogP contribution in [0.2, 0.25) is 0 Å². The van der Waals surface area contributed by atoms with Crippen LogP contribution < -0.4 is 5.32 Å². The van der Waals surface area contributed by atoms with Gasteiger partial charge in [0.05, 0.1) is 37.2 Å². The Morgan fingerprint density at radius 2 is 2.03 bits per heavy atom. The Bertz CT molecular complexity index is 908. The minimum Gasteiger partial charge on any atom is -0.466 e. The molecule has 8 heteroatoms. The lowest BCUT2D eigenvalue weighted by Gasteiger charge is -2.37. The van der Waals surface area contributed by atoms with Crippen LogP contribution in [-0.2, 0) is 30.3 Å². The van der Waals surface area contributed by atoms with E-state index in [1.54, 1.807) is 6.92 Å². The first kappa shape index (κ1) is 24.7. The van der Waals surface area contributed by atoms with E-state index in [0.717, 1.165) is 18.4 Å². The molecule has 186 valence electrons. The number of benzene rings is 1. The summed E-state index contributed by atoms with van der Waals surface area (Å²) in [6, 6.07) is 8.00. The van der Waals surface area contributed by atoms with Crippen molar-refractivity contribution in [2.45, 2.75) is 82.7 Å². The van der Waals surface area contributed by atoms with Crippen molar-refractivity contribution in [3.8, 4) is 0 Å². The Morgan fingerprint density at radius 1 is 1.29 bits per heavy atom. The molecule has 8 nitrogen and oxygen atoms in total. The fourth-order valence-corrected chi connectivity index (χ4v) is 6.25. The minimum absolute atomic E-state index is 0.0638. The van der Waals surface area contributed by atoms with Crippen molar-refractivity contribution in [1.29, 1.82) is 0 Å². The topological polar surface area (TPSA) is 105 Å². The summed E-state index contributed by atoms with van der Waals surface area (Å²) < 4.78 is 11.7. The molecule has 2 N–H and O–H groups in total. The SMILES string of the molecule is CCCC(C)NC(=O)C1N([C@@H](CO)Cc2ccccc2)C(=O)[C@@H]2[C@H](C(=O)OCC)[C@@H]3CCC12O3. The van der Waals surface area contributed by atoms with E-state index in [-0.39, 0.29) is 31.1 Å². The minimum atomic E-state index is -1.08. The summed E-state index contributed by atoms with van der Waals surface area (Å²) in [5, 5.41) is 13.4. The van der Waals surface area contributed by atoms with Crippen LogP contribution in [0.5, 0.6) is 0 Å². The zero-order valence-corrected chi connectivity index (χ0v) is 20.2. The third kappa shape index (κ3) is 4.11. The van der Waals surface area contributed by atoms with E-state index in [1.165, 1.54) is 4.90 Å². The van der Waals surface area contributed by atoms with Crippen LogP contribution in [0.3, 0.4) is 0 Å². The van der Waals surface area contributed by atoms with Crippen LogP contribution in [0.25, 0.3) is 0 Å². The van der Waals surface area contributed by atoms with Gasteiger partial charge in [-0.1, -0.05) is 43.7 Å². The van der Waals surface area contributed by atoms with Gasteiger partial charge in [0.15, 0.2) is 0 Å². The summed E-state index contributed by atoms with van der Waals surface area (Å²) in [5.74, 6) is -2.55. The smallest absolute Gasteiger partial charge is 0.312 e. The molecule has 1 spiro atoms. The van der Waals surface area contributed by atoms with Crippen LogP contribution in [0, 0.1) is 11.8 Å². The van der Waals surface area contributed by atoms with Crippen LogP contribution in [0.15, 0.2) is 30.3 Å². The van der Waals surface area contributed by atoms with Crippen LogP contribution in [0.4, 0.5) is 0 Å². The Balaban J connectivity index is 1.72. The van der Waals surface area contributed by atoms with Gasteiger partial charge in [0.1, 0.15) is 11.6 Å². The molecule has 3 fully saturated rings. The van der Waals surface area contributed by atoms with Crippen molar-refractivity contribution in [1.82, 2.24) is 10.2 Å². The average Bonchev–Trinajstić information content (AvgIpc) is 3.46. The van der Waals surface area contributed by atoms with E-state index in [2.05, 4.69) is 12.2 Å². The normalized spacial score (nSPS) is 31.3. The van der Waals surface area contributed by atoms with Gasteiger partial charge < -0.3 is 24.8 Å². The molecule has 2 amide bonds. The Kier molecular flexibility index (Phi) is 7.28. The molecular weight excluding hydrogens is 436 g/mol. The number of carbonyl (C=O) groups is 3. The highest BCUT2D eigenvalue weighted by Gasteiger charge is 2.75. The van der Waals surface area contributed by atoms with Gasteiger partial charge >= 0.3 is 5.97 Å². The maximum absolute atomic E-state index is 14.0. The van der Waals surface area contributed by atoms with E-state index < -0.39 is 41.6 Å². The second kappa shape index (κ2) is 10.0. The highest BCUT2D eigenvalue weighted by molar-refractivity contribution is 5.98. The number of hydrogen-bond donors (Lipinski definition) is 2. The summed E-state index contributed by atoms with van der Waals surface area (Å²) >= 11 is 0. The number of rotatable bonds is 10. The Labute approximate surface area is 201 Å². The first-order chi connectivity index (χ1) is 16.4. The zero-order chi connectivity index (χ0) is 24.5. The fraction of sp³-hybridized carbons (Fsp3) is 0.654. The number of hydrogen-bond acceptors (Lipinski definition) is 6. The van der Waals surface area contributed by atoms with Crippen molar-refractivity contribution >= 4 is 17.8 Å². The number of esters is 1. The summed E-state index contributed by atoms with van der Waals surface area (Å²) in [4.78, 5) is 42.0. The zero-order valence-electron chi connectivity index (χ0n) is 20.2. The van der Waals surface area contributed by atoms with Gasteiger partial charge in [-0.05, 0) is 45.1 Å². The number of aliphatic hydroxyl groups excluding tert-OH is 1. The van der Waals surface area contributed by atoms with Gasteiger partial charge in [0, 0.05) is 6.04 Å². The Hall–Kier alpha value is -2.45. The van der Waals surface area contributed by atoms with Gasteiger partial charge in [0.25, 0.3) is 0 Å². The summed E-state index contributed by atoms with van der Waals surface area (Å²) in [6.45, 7) is 5.64. The summed E-state index contributed by atoms with van der Waals surface area (Å²) in [5.41, 5.74) is -0.131. The molecule has 2 bridgehead atoms. The van der Waals surface area contributed by atoms with E-state index in [1.807, 2.05) is 37.3 Å². The molecule has 1 aromatic carbocycles. The first-order valence-corrected chi connectivity index (χ1v) is 12.5. The monoisotopic (exact) mass is 472 g/mol. The van der Waals surface area contributed by atoms with Crippen molar-refractivity contribution in [2.24, 2.45) is 11.8 Å². The quantitative estimate of drug-likeness (QED) is 0.504. The molecule has 4 rings (SSSR count). The number of nitrogens with zero attached hydrogens (tertiary/aromatic N) is 1. The highest BCUT2D eigenvalue weighted by atomic mass is 16.6. The average molecular weight is 473 g/mol. The predicted molar refractivity (Wildman–Crippen MR) is 125 cm³/mol. The molecule has 0 aromatic heterocycles. The third-order valence-electron chi connectivity index (χ3n) is 7.57. The number of ether oxygens (including phenoxy) is 2. The van der Waals surface area contributed by atoms with Gasteiger partial charge in [-0.25, -0.2) is 0 Å². The first-order valence-electron chi connectivity index (χ1n) is 12.5. The third-order valence-corrected chi connectivity index (χ3v) is 7.57. The molecule has 3 heterocycles. The molecular formula is C26H36N2O6. The van der Waals surface area contributed by atoms with E-state index in [9.17, 15) is 19.5 Å². The maximum atomic E-state index is 14.0. The highest BCUT2D eigenvalue weighted by Crippen LogP contribution is 2.59. The standard InChI is InChI=1S/C26H36N2O6/c1-4-9-16(3)27-23(30)22-26-13-12-19(34-26)20(25(32)33-5-2)21(26)24(31)28(22)18(15-29)14-17-10-7-6-8-11-17/h6-8,10-11,16,18-22,29H,4-5,9,12-15H2,1-3H3,(H,27,30)/t16?,18-,19+,20-,21+,22?,26?/m1/s1. The maximum Gasteiger partial charge on any atom is 0.312 e. The van der Waals surface area contributed by atoms with Crippen molar-refractivity contribution in [2.75, 3.05) is 13.2 Å². The number of amides is 2. The van der Waals surface area contributed by atoms with Crippen molar-refractivity contribution < 1.29 is 29.0 Å². The number of aliphatic hydroxyl groups is 1. The second-order valence-electron chi connectivity index (χ2n) is 9.78. The van der Waals surface area contributed by atoms with Gasteiger partial charge in [-0.15, -0.1) is 0 Å². The molecule has 3 saturated heterocycles. The van der Waals surface area contributed by atoms with Crippen molar-refractivity contribution in [3.63, 3.8) is 0 Å². The molecule has 3 aliphatic rings. The fourth-order valence-electron chi connectivity index (χ4n) is 6.25. The van der Waals surface area contributed by atoms with E-state index in [0.29, 0.717) is 19.3 Å². The molecule has 1 aromatic rings. The van der Waals surface area contributed by atoms with Crippen LogP contribution in [-0.4, -0.2) is 70.8 Å². The Morgan fingerprint density at radius 3 is 2.68 bits per heavy atom. The van der Waals surface area contributed by atoms with Crippen LogP contribution >= 0.6 is 0 Å². The molecule has 3 aliphatic heterocycles.